The third kappa shape index (κ3) is 3.54. The SMILES string of the molecule is CCc1ccc(C(C)N(C)CC2CNCCO2)s1. The highest BCUT2D eigenvalue weighted by atomic mass is 32.1. The van der Waals surface area contributed by atoms with Crippen LogP contribution >= 0.6 is 11.3 Å². The first kappa shape index (κ1) is 14.0. The molecule has 0 aromatic carbocycles. The summed E-state index contributed by atoms with van der Waals surface area (Å²) in [5, 5.41) is 3.38. The van der Waals surface area contributed by atoms with Gasteiger partial charge in [0.1, 0.15) is 0 Å². The first-order chi connectivity index (χ1) is 8.70. The molecule has 102 valence electrons. The normalized spacial score (nSPS) is 22.3. The lowest BCUT2D eigenvalue weighted by atomic mass is 10.2. The highest BCUT2D eigenvalue weighted by Crippen LogP contribution is 2.27. The van der Waals surface area contributed by atoms with Gasteiger partial charge in [0, 0.05) is 35.4 Å². The molecule has 1 fully saturated rings. The average molecular weight is 268 g/mol. The van der Waals surface area contributed by atoms with Crippen molar-refractivity contribution in [1.82, 2.24) is 10.2 Å². The second kappa shape index (κ2) is 6.66. The van der Waals surface area contributed by atoms with E-state index in [1.54, 1.807) is 0 Å². The summed E-state index contributed by atoms with van der Waals surface area (Å²) >= 11 is 1.93. The van der Waals surface area contributed by atoms with E-state index in [9.17, 15) is 0 Å². The van der Waals surface area contributed by atoms with Crippen molar-refractivity contribution in [2.45, 2.75) is 32.4 Å². The quantitative estimate of drug-likeness (QED) is 0.887. The first-order valence-electron chi connectivity index (χ1n) is 6.82. The van der Waals surface area contributed by atoms with Crippen LogP contribution in [-0.4, -0.2) is 44.3 Å². The molecular weight excluding hydrogens is 244 g/mol. The molecule has 1 saturated heterocycles. The minimum atomic E-state index is 0.330. The fraction of sp³-hybridized carbons (Fsp3) is 0.714. The molecule has 0 spiro atoms. The maximum atomic E-state index is 5.76. The summed E-state index contributed by atoms with van der Waals surface area (Å²) < 4.78 is 5.76. The van der Waals surface area contributed by atoms with E-state index in [4.69, 9.17) is 4.74 Å². The summed E-state index contributed by atoms with van der Waals surface area (Å²) in [6.45, 7) is 8.29. The molecular formula is C14H24N2OS. The standard InChI is InChI=1S/C14H24N2OS/c1-4-13-5-6-14(18-13)11(2)16(3)10-12-9-15-7-8-17-12/h5-6,11-12,15H,4,7-10H2,1-3H3. The lowest BCUT2D eigenvalue weighted by Crippen LogP contribution is -2.44. The molecule has 2 rings (SSSR count). The van der Waals surface area contributed by atoms with E-state index in [0.29, 0.717) is 12.1 Å². The molecule has 1 aromatic heterocycles. The molecule has 0 bridgehead atoms. The van der Waals surface area contributed by atoms with Gasteiger partial charge >= 0.3 is 0 Å². The highest BCUT2D eigenvalue weighted by Gasteiger charge is 2.20. The Balaban J connectivity index is 1.88. The molecule has 1 aromatic rings. The fourth-order valence-electron chi connectivity index (χ4n) is 2.24. The highest BCUT2D eigenvalue weighted by molar-refractivity contribution is 7.12. The smallest absolute Gasteiger partial charge is 0.0826 e. The zero-order valence-electron chi connectivity index (χ0n) is 11.6. The van der Waals surface area contributed by atoms with Gasteiger partial charge in [-0.1, -0.05) is 6.92 Å². The zero-order chi connectivity index (χ0) is 13.0. The van der Waals surface area contributed by atoms with Crippen molar-refractivity contribution < 1.29 is 4.74 Å². The van der Waals surface area contributed by atoms with E-state index >= 15 is 0 Å². The minimum absolute atomic E-state index is 0.330. The topological polar surface area (TPSA) is 24.5 Å². The number of ether oxygens (including phenoxy) is 1. The Kier molecular flexibility index (Phi) is 5.18. The summed E-state index contributed by atoms with van der Waals surface area (Å²) in [6, 6.07) is 4.99. The molecule has 0 saturated carbocycles. The maximum absolute atomic E-state index is 5.76. The molecule has 1 aliphatic rings. The molecule has 0 amide bonds. The molecule has 4 heteroatoms. The number of morpholine rings is 1. The average Bonchev–Trinajstić information content (AvgIpc) is 2.87. The van der Waals surface area contributed by atoms with Crippen molar-refractivity contribution in [3.8, 4) is 0 Å². The van der Waals surface area contributed by atoms with E-state index < -0.39 is 0 Å². The van der Waals surface area contributed by atoms with Crippen LogP contribution < -0.4 is 5.32 Å². The lowest BCUT2D eigenvalue weighted by molar-refractivity contribution is 0.00417. The van der Waals surface area contributed by atoms with Gasteiger partial charge in [0.05, 0.1) is 12.7 Å². The number of nitrogens with one attached hydrogen (secondary N) is 1. The summed E-state index contributed by atoms with van der Waals surface area (Å²) in [5.41, 5.74) is 0. The van der Waals surface area contributed by atoms with Crippen molar-refractivity contribution >= 4 is 11.3 Å². The van der Waals surface area contributed by atoms with Crippen molar-refractivity contribution in [3.05, 3.63) is 21.9 Å². The van der Waals surface area contributed by atoms with Gasteiger partial charge < -0.3 is 10.1 Å². The zero-order valence-corrected chi connectivity index (χ0v) is 12.4. The van der Waals surface area contributed by atoms with Crippen LogP contribution in [0.1, 0.15) is 29.6 Å². The molecule has 2 heterocycles. The number of nitrogens with zero attached hydrogens (tertiary/aromatic N) is 1. The summed E-state index contributed by atoms with van der Waals surface area (Å²) in [6.07, 6.45) is 1.47. The molecule has 18 heavy (non-hydrogen) atoms. The van der Waals surface area contributed by atoms with Crippen molar-refractivity contribution in [3.63, 3.8) is 0 Å². The monoisotopic (exact) mass is 268 g/mol. The summed E-state index contributed by atoms with van der Waals surface area (Å²) in [7, 11) is 2.19. The largest absolute Gasteiger partial charge is 0.374 e. The van der Waals surface area contributed by atoms with Crippen LogP contribution in [0.25, 0.3) is 0 Å². The van der Waals surface area contributed by atoms with E-state index in [2.05, 4.69) is 43.2 Å². The van der Waals surface area contributed by atoms with Crippen LogP contribution in [0.3, 0.4) is 0 Å². The molecule has 1 aliphatic heterocycles. The Labute approximate surface area is 114 Å². The Bertz CT molecular complexity index is 360. The lowest BCUT2D eigenvalue weighted by Gasteiger charge is -2.31. The predicted octanol–water partition coefficient (Wildman–Crippen LogP) is 2.29. The van der Waals surface area contributed by atoms with Crippen LogP contribution in [0.2, 0.25) is 0 Å². The van der Waals surface area contributed by atoms with Crippen molar-refractivity contribution in [2.24, 2.45) is 0 Å². The van der Waals surface area contributed by atoms with Crippen LogP contribution in [0.5, 0.6) is 0 Å². The van der Waals surface area contributed by atoms with Gasteiger partial charge in [-0.05, 0) is 32.5 Å². The molecule has 0 radical (unpaired) electrons. The van der Waals surface area contributed by atoms with Gasteiger partial charge in [0.2, 0.25) is 0 Å². The Morgan fingerprint density at radius 2 is 2.39 bits per heavy atom. The Morgan fingerprint density at radius 3 is 3.00 bits per heavy atom. The van der Waals surface area contributed by atoms with Crippen LogP contribution in [0.15, 0.2) is 12.1 Å². The maximum Gasteiger partial charge on any atom is 0.0826 e. The number of aryl methyl sites for hydroxylation is 1. The Hall–Kier alpha value is -0.420. The Morgan fingerprint density at radius 1 is 1.56 bits per heavy atom. The van der Waals surface area contributed by atoms with Gasteiger partial charge in [-0.3, -0.25) is 4.90 Å². The predicted molar refractivity (Wildman–Crippen MR) is 77.4 cm³/mol. The number of hydrogen-bond acceptors (Lipinski definition) is 4. The minimum Gasteiger partial charge on any atom is -0.374 e. The van der Waals surface area contributed by atoms with Crippen LogP contribution in [-0.2, 0) is 11.2 Å². The fourth-order valence-corrected chi connectivity index (χ4v) is 3.31. The summed E-state index contributed by atoms with van der Waals surface area (Å²) in [4.78, 5) is 5.32. The van der Waals surface area contributed by atoms with Crippen molar-refractivity contribution in [1.29, 1.82) is 0 Å². The molecule has 0 aliphatic carbocycles. The van der Waals surface area contributed by atoms with Crippen molar-refractivity contribution in [2.75, 3.05) is 33.3 Å². The van der Waals surface area contributed by atoms with E-state index in [0.717, 1.165) is 32.7 Å². The molecule has 2 unspecified atom stereocenters. The van der Waals surface area contributed by atoms with Gasteiger partial charge in [-0.2, -0.15) is 0 Å². The second-order valence-corrected chi connectivity index (χ2v) is 6.17. The molecule has 3 nitrogen and oxygen atoms in total. The van der Waals surface area contributed by atoms with E-state index in [-0.39, 0.29) is 0 Å². The first-order valence-corrected chi connectivity index (χ1v) is 7.63. The number of likely N-dealkylation sites (N-methyl/N-ethyl adjacent to an activating group) is 1. The number of thiophene rings is 1. The van der Waals surface area contributed by atoms with Gasteiger partial charge in [-0.25, -0.2) is 0 Å². The van der Waals surface area contributed by atoms with Gasteiger partial charge in [0.15, 0.2) is 0 Å². The number of rotatable bonds is 5. The summed E-state index contributed by atoms with van der Waals surface area (Å²) in [5.74, 6) is 0. The van der Waals surface area contributed by atoms with Crippen LogP contribution in [0.4, 0.5) is 0 Å². The molecule has 1 N–H and O–H groups in total. The van der Waals surface area contributed by atoms with Gasteiger partial charge in [0.25, 0.3) is 0 Å². The van der Waals surface area contributed by atoms with Gasteiger partial charge in [-0.15, -0.1) is 11.3 Å². The second-order valence-electron chi connectivity index (χ2n) is 4.97. The van der Waals surface area contributed by atoms with E-state index in [1.807, 2.05) is 11.3 Å². The van der Waals surface area contributed by atoms with Crippen LogP contribution in [0, 0.1) is 0 Å². The molecule has 2 atom stereocenters. The van der Waals surface area contributed by atoms with E-state index in [1.165, 1.54) is 9.75 Å². The number of hydrogen-bond donors (Lipinski definition) is 1. The third-order valence-electron chi connectivity index (χ3n) is 3.60. The third-order valence-corrected chi connectivity index (χ3v) is 5.00.